The van der Waals surface area contributed by atoms with Gasteiger partial charge in [0.1, 0.15) is 0 Å². The lowest BCUT2D eigenvalue weighted by Gasteiger charge is -2.65. The summed E-state index contributed by atoms with van der Waals surface area (Å²) in [5.41, 5.74) is 1.80. The molecule has 1 heterocycles. The topological polar surface area (TPSA) is 17.8 Å². The van der Waals surface area contributed by atoms with Crippen LogP contribution in [0, 0.1) is 22.2 Å². The zero-order valence-electron chi connectivity index (χ0n) is 11.7. The number of hydrogen-bond donors (Lipinski definition) is 0. The van der Waals surface area contributed by atoms with E-state index in [1.807, 2.05) is 6.20 Å². The Bertz CT molecular complexity index is 443. The molecule has 4 saturated carbocycles. The molecule has 18 heavy (non-hydrogen) atoms. The molecule has 2 atom stereocenters. The summed E-state index contributed by atoms with van der Waals surface area (Å²) >= 11 is 0. The van der Waals surface area contributed by atoms with Gasteiger partial charge >= 0.3 is 0 Å². The van der Waals surface area contributed by atoms with E-state index >= 15 is 0 Å². The molecule has 2 heteroatoms. The summed E-state index contributed by atoms with van der Waals surface area (Å²) in [6.07, 6.45) is 12.8. The van der Waals surface area contributed by atoms with Crippen LogP contribution in [0.1, 0.15) is 52.4 Å². The first-order chi connectivity index (χ1) is 8.49. The minimum atomic E-state index is 0.551. The van der Waals surface area contributed by atoms with E-state index in [0.717, 1.165) is 12.5 Å². The van der Waals surface area contributed by atoms with Crippen LogP contribution in [0.2, 0.25) is 0 Å². The molecule has 0 spiro atoms. The lowest BCUT2D eigenvalue weighted by atomic mass is 9.40. The average Bonchev–Trinajstić information content (AvgIpc) is 2.62. The molecule has 0 aliphatic heterocycles. The monoisotopic (exact) mass is 244 g/mol. The SMILES string of the molecule is CC12CC3CC(C)(C1)CC(Cn1cccn1)(C3)C2. The van der Waals surface area contributed by atoms with E-state index in [1.165, 1.54) is 38.5 Å². The van der Waals surface area contributed by atoms with Crippen molar-refractivity contribution in [3.63, 3.8) is 0 Å². The van der Waals surface area contributed by atoms with Crippen LogP contribution < -0.4 is 0 Å². The van der Waals surface area contributed by atoms with E-state index in [2.05, 4.69) is 35.9 Å². The summed E-state index contributed by atoms with van der Waals surface area (Å²) in [5.74, 6) is 0.992. The predicted octanol–water partition coefficient (Wildman–Crippen LogP) is 3.88. The van der Waals surface area contributed by atoms with Gasteiger partial charge in [0, 0.05) is 18.9 Å². The Labute approximate surface area is 110 Å². The Balaban J connectivity index is 1.69. The fraction of sp³-hybridized carbons (Fsp3) is 0.812. The van der Waals surface area contributed by atoms with E-state index in [-0.39, 0.29) is 0 Å². The van der Waals surface area contributed by atoms with Crippen molar-refractivity contribution in [2.45, 2.75) is 58.9 Å². The molecule has 1 aromatic rings. The molecule has 4 bridgehead atoms. The van der Waals surface area contributed by atoms with Crippen molar-refractivity contribution in [3.05, 3.63) is 18.5 Å². The fourth-order valence-corrected chi connectivity index (χ4v) is 6.60. The van der Waals surface area contributed by atoms with Gasteiger partial charge in [0.25, 0.3) is 0 Å². The van der Waals surface area contributed by atoms with Crippen LogP contribution in [0.25, 0.3) is 0 Å². The van der Waals surface area contributed by atoms with Crippen molar-refractivity contribution in [3.8, 4) is 0 Å². The number of nitrogens with zero attached hydrogens (tertiary/aromatic N) is 2. The van der Waals surface area contributed by atoms with E-state index in [0.29, 0.717) is 16.2 Å². The minimum Gasteiger partial charge on any atom is -0.272 e. The second-order valence-corrected chi connectivity index (χ2v) is 8.33. The van der Waals surface area contributed by atoms with Gasteiger partial charge in [0.05, 0.1) is 0 Å². The van der Waals surface area contributed by atoms with Gasteiger partial charge in [-0.05, 0) is 66.8 Å². The van der Waals surface area contributed by atoms with Crippen LogP contribution in [0.4, 0.5) is 0 Å². The maximum absolute atomic E-state index is 4.45. The van der Waals surface area contributed by atoms with E-state index in [1.54, 1.807) is 0 Å². The molecule has 4 aliphatic rings. The van der Waals surface area contributed by atoms with Crippen LogP contribution in [0.3, 0.4) is 0 Å². The molecule has 0 aromatic carbocycles. The van der Waals surface area contributed by atoms with E-state index in [4.69, 9.17) is 0 Å². The molecular formula is C16H24N2. The highest BCUT2D eigenvalue weighted by Crippen LogP contribution is 2.69. The van der Waals surface area contributed by atoms with Gasteiger partial charge in [-0.3, -0.25) is 4.68 Å². The van der Waals surface area contributed by atoms with Crippen LogP contribution in [-0.4, -0.2) is 9.78 Å². The van der Waals surface area contributed by atoms with Crippen molar-refractivity contribution in [2.75, 3.05) is 0 Å². The Morgan fingerprint density at radius 1 is 1.11 bits per heavy atom. The van der Waals surface area contributed by atoms with Crippen LogP contribution in [0.15, 0.2) is 18.5 Å². The first kappa shape index (κ1) is 11.1. The molecule has 0 radical (unpaired) electrons. The van der Waals surface area contributed by atoms with Gasteiger partial charge in [-0.15, -0.1) is 0 Å². The maximum atomic E-state index is 4.45. The summed E-state index contributed by atoms with van der Waals surface area (Å²) in [6, 6.07) is 2.06. The molecule has 5 rings (SSSR count). The van der Waals surface area contributed by atoms with Crippen molar-refractivity contribution in [1.82, 2.24) is 9.78 Å². The molecule has 0 amide bonds. The van der Waals surface area contributed by atoms with Crippen molar-refractivity contribution in [2.24, 2.45) is 22.2 Å². The summed E-state index contributed by atoms with van der Waals surface area (Å²) in [4.78, 5) is 0. The fourth-order valence-electron chi connectivity index (χ4n) is 6.60. The normalized spacial score (nSPS) is 49.8. The van der Waals surface area contributed by atoms with Crippen molar-refractivity contribution >= 4 is 0 Å². The zero-order valence-corrected chi connectivity index (χ0v) is 11.7. The third kappa shape index (κ3) is 1.57. The second kappa shape index (κ2) is 3.20. The van der Waals surface area contributed by atoms with Gasteiger partial charge in [-0.2, -0.15) is 5.10 Å². The molecule has 98 valence electrons. The Hall–Kier alpha value is -0.790. The van der Waals surface area contributed by atoms with Crippen molar-refractivity contribution in [1.29, 1.82) is 0 Å². The zero-order chi connectivity index (χ0) is 12.4. The van der Waals surface area contributed by atoms with Gasteiger partial charge in [-0.1, -0.05) is 13.8 Å². The largest absolute Gasteiger partial charge is 0.272 e. The number of hydrogen-bond acceptors (Lipinski definition) is 1. The number of aromatic nitrogens is 2. The van der Waals surface area contributed by atoms with Gasteiger partial charge < -0.3 is 0 Å². The first-order valence-corrected chi connectivity index (χ1v) is 7.46. The van der Waals surface area contributed by atoms with Gasteiger partial charge in [0.2, 0.25) is 0 Å². The molecular weight excluding hydrogens is 220 g/mol. The molecule has 0 N–H and O–H groups in total. The highest BCUT2D eigenvalue weighted by molar-refractivity contribution is 5.10. The predicted molar refractivity (Wildman–Crippen MR) is 72.1 cm³/mol. The smallest absolute Gasteiger partial charge is 0.0489 e. The average molecular weight is 244 g/mol. The number of rotatable bonds is 2. The van der Waals surface area contributed by atoms with Crippen LogP contribution in [0.5, 0.6) is 0 Å². The highest BCUT2D eigenvalue weighted by Gasteiger charge is 2.59. The summed E-state index contributed by atoms with van der Waals surface area (Å²) in [6.45, 7) is 6.25. The lowest BCUT2D eigenvalue weighted by molar-refractivity contribution is -0.151. The first-order valence-electron chi connectivity index (χ1n) is 7.46. The molecule has 2 nitrogen and oxygen atoms in total. The maximum Gasteiger partial charge on any atom is 0.0489 e. The van der Waals surface area contributed by atoms with Crippen molar-refractivity contribution < 1.29 is 0 Å². The van der Waals surface area contributed by atoms with E-state index in [9.17, 15) is 0 Å². The Kier molecular flexibility index (Phi) is 1.97. The molecule has 1 aromatic heterocycles. The molecule has 2 unspecified atom stereocenters. The van der Waals surface area contributed by atoms with Gasteiger partial charge in [0.15, 0.2) is 0 Å². The molecule has 0 saturated heterocycles. The minimum absolute atomic E-state index is 0.551. The summed E-state index contributed by atoms with van der Waals surface area (Å²) < 4.78 is 2.18. The van der Waals surface area contributed by atoms with Gasteiger partial charge in [-0.25, -0.2) is 0 Å². The third-order valence-electron chi connectivity index (χ3n) is 5.80. The summed E-state index contributed by atoms with van der Waals surface area (Å²) in [5, 5.41) is 4.45. The molecule has 4 aliphatic carbocycles. The lowest BCUT2D eigenvalue weighted by Crippen LogP contribution is -2.56. The highest BCUT2D eigenvalue weighted by atomic mass is 15.3. The third-order valence-corrected chi connectivity index (χ3v) is 5.80. The quantitative estimate of drug-likeness (QED) is 0.772. The van der Waals surface area contributed by atoms with Crippen LogP contribution in [-0.2, 0) is 6.54 Å². The second-order valence-electron chi connectivity index (χ2n) is 8.33. The standard InChI is InChI=1S/C16H24N2/c1-14-6-13-7-15(2,9-14)11-16(8-13,10-14)12-18-5-3-4-17-18/h3-5,13H,6-12H2,1-2H3. The summed E-state index contributed by atoms with van der Waals surface area (Å²) in [7, 11) is 0. The molecule has 4 fully saturated rings. The van der Waals surface area contributed by atoms with E-state index < -0.39 is 0 Å². The van der Waals surface area contributed by atoms with Crippen LogP contribution >= 0.6 is 0 Å². The Morgan fingerprint density at radius 3 is 2.39 bits per heavy atom. The Morgan fingerprint density at radius 2 is 1.83 bits per heavy atom.